The molecule has 3 nitrogen and oxygen atoms in total. The summed E-state index contributed by atoms with van der Waals surface area (Å²) in [6.07, 6.45) is 1.43. The quantitative estimate of drug-likeness (QED) is 0.747. The normalized spacial score (nSPS) is 9.65. The molecule has 0 unspecified atom stereocenters. The Morgan fingerprint density at radius 2 is 1.80 bits per heavy atom. The van der Waals surface area contributed by atoms with E-state index in [1.54, 1.807) is 6.07 Å². The predicted molar refractivity (Wildman–Crippen MR) is 80.5 cm³/mol. The summed E-state index contributed by atoms with van der Waals surface area (Å²) in [5.41, 5.74) is 3.34. The minimum Gasteiger partial charge on any atom is -0.457 e. The first kappa shape index (κ1) is 14.1. The van der Waals surface area contributed by atoms with Gasteiger partial charge in [-0.05, 0) is 49.2 Å². The Hall–Kier alpha value is -2.30. The van der Waals surface area contributed by atoms with E-state index in [0.717, 1.165) is 10.0 Å². The van der Waals surface area contributed by atoms with E-state index < -0.39 is 0 Å². The van der Waals surface area contributed by atoms with Crippen LogP contribution in [-0.2, 0) is 0 Å². The van der Waals surface area contributed by atoms with Gasteiger partial charge in [0, 0.05) is 16.1 Å². The second kappa shape index (κ2) is 5.77. The molecule has 0 saturated carbocycles. The van der Waals surface area contributed by atoms with Gasteiger partial charge in [-0.15, -0.1) is 0 Å². The molecule has 98 valence electrons. The number of hydrogen-bond acceptors (Lipinski definition) is 3. The fraction of sp³-hybridized carbons (Fsp3) is 0.125. The van der Waals surface area contributed by atoms with Gasteiger partial charge in [-0.25, -0.2) is 0 Å². The lowest BCUT2D eigenvalue weighted by molar-refractivity contribution is 0.571. The molecule has 1 aromatic heterocycles. The van der Waals surface area contributed by atoms with E-state index in [2.05, 4.69) is 15.9 Å². The third-order valence-electron chi connectivity index (χ3n) is 3.00. The molecule has 0 radical (unpaired) electrons. The molecule has 0 aliphatic heterocycles. The average molecular weight is 327 g/mol. The van der Waals surface area contributed by atoms with Crippen molar-refractivity contribution in [1.82, 2.24) is 0 Å². The number of rotatable bonds is 2. The molecule has 1 heterocycles. The smallest absolute Gasteiger partial charge is 0.135 e. The van der Waals surface area contributed by atoms with E-state index in [4.69, 9.17) is 14.9 Å². The van der Waals surface area contributed by atoms with Crippen LogP contribution in [0.2, 0.25) is 0 Å². The van der Waals surface area contributed by atoms with Gasteiger partial charge in [0.15, 0.2) is 0 Å². The first-order valence-corrected chi connectivity index (χ1v) is 6.73. The highest BCUT2D eigenvalue weighted by atomic mass is 79.9. The summed E-state index contributed by atoms with van der Waals surface area (Å²) in [5, 5.41) is 17.5. The van der Waals surface area contributed by atoms with Crippen molar-refractivity contribution in [1.29, 1.82) is 10.5 Å². The van der Waals surface area contributed by atoms with Gasteiger partial charge in [0.25, 0.3) is 0 Å². The summed E-state index contributed by atoms with van der Waals surface area (Å²) in [6, 6.07) is 11.3. The van der Waals surface area contributed by atoms with E-state index in [1.807, 2.05) is 44.2 Å². The number of nitriles is 2. The second-order valence-electron chi connectivity index (χ2n) is 4.40. The summed E-state index contributed by atoms with van der Waals surface area (Å²) in [5.74, 6) is 1.18. The minimum absolute atomic E-state index is 0.0186. The molecule has 20 heavy (non-hydrogen) atoms. The van der Waals surface area contributed by atoms with Crippen LogP contribution in [0.1, 0.15) is 16.9 Å². The van der Waals surface area contributed by atoms with Crippen LogP contribution in [0.4, 0.5) is 0 Å². The molecule has 0 bridgehead atoms. The molecule has 0 saturated heterocycles. The highest BCUT2D eigenvalue weighted by molar-refractivity contribution is 9.10. The molecular weight excluding hydrogens is 316 g/mol. The number of aryl methyl sites for hydroxylation is 2. The Morgan fingerprint density at radius 1 is 1.15 bits per heavy atom. The Morgan fingerprint density at radius 3 is 2.45 bits per heavy atom. The Bertz CT molecular complexity index is 757. The predicted octanol–water partition coefficient (Wildman–Crippen LogP) is 4.76. The third-order valence-corrected chi connectivity index (χ3v) is 3.66. The van der Waals surface area contributed by atoms with Crippen molar-refractivity contribution >= 4 is 22.0 Å². The molecule has 0 atom stereocenters. The molecular formula is C16H11BrN2O. The fourth-order valence-electron chi connectivity index (χ4n) is 1.78. The van der Waals surface area contributed by atoms with Crippen molar-refractivity contribution in [2.24, 2.45) is 0 Å². The maximum atomic E-state index is 8.73. The van der Waals surface area contributed by atoms with Gasteiger partial charge in [0.2, 0.25) is 0 Å². The Kier molecular flexibility index (Phi) is 4.08. The zero-order chi connectivity index (χ0) is 14.7. The molecule has 0 aliphatic rings. The van der Waals surface area contributed by atoms with E-state index >= 15 is 0 Å². The largest absolute Gasteiger partial charge is 0.457 e. The number of hydrogen-bond donors (Lipinski definition) is 0. The van der Waals surface area contributed by atoms with Crippen molar-refractivity contribution in [2.45, 2.75) is 13.8 Å². The molecule has 2 rings (SSSR count). The van der Waals surface area contributed by atoms with Crippen LogP contribution in [0.3, 0.4) is 0 Å². The van der Waals surface area contributed by atoms with Crippen LogP contribution in [0.25, 0.3) is 17.4 Å². The molecule has 0 spiro atoms. The van der Waals surface area contributed by atoms with Crippen molar-refractivity contribution in [3.05, 3.63) is 51.2 Å². The Labute approximate surface area is 125 Å². The van der Waals surface area contributed by atoms with Crippen LogP contribution < -0.4 is 0 Å². The van der Waals surface area contributed by atoms with Gasteiger partial charge in [-0.2, -0.15) is 10.5 Å². The number of nitrogens with zero attached hydrogens (tertiary/aromatic N) is 2. The summed E-state index contributed by atoms with van der Waals surface area (Å²) < 4.78 is 6.62. The minimum atomic E-state index is 0.0186. The molecule has 4 heteroatoms. The van der Waals surface area contributed by atoms with Crippen molar-refractivity contribution in [3.8, 4) is 23.5 Å². The van der Waals surface area contributed by atoms with Gasteiger partial charge in [-0.3, -0.25) is 0 Å². The van der Waals surface area contributed by atoms with Crippen LogP contribution >= 0.6 is 15.9 Å². The van der Waals surface area contributed by atoms with Gasteiger partial charge in [0.05, 0.1) is 0 Å². The lowest BCUT2D eigenvalue weighted by Gasteiger charge is -2.06. The molecule has 0 amide bonds. The van der Waals surface area contributed by atoms with Crippen LogP contribution in [0.15, 0.2) is 38.7 Å². The lowest BCUT2D eigenvalue weighted by atomic mass is 10.1. The summed E-state index contributed by atoms with van der Waals surface area (Å²) in [6.45, 7) is 4.09. The number of halogens is 1. The Balaban J connectivity index is 2.45. The lowest BCUT2D eigenvalue weighted by Crippen LogP contribution is -1.84. The van der Waals surface area contributed by atoms with E-state index in [0.29, 0.717) is 11.5 Å². The highest BCUT2D eigenvalue weighted by Crippen LogP contribution is 2.32. The number of furan rings is 1. The zero-order valence-corrected chi connectivity index (χ0v) is 12.7. The number of allylic oxidation sites excluding steroid dienone is 1. The van der Waals surface area contributed by atoms with Crippen molar-refractivity contribution < 1.29 is 4.42 Å². The maximum Gasteiger partial charge on any atom is 0.135 e. The van der Waals surface area contributed by atoms with Crippen molar-refractivity contribution in [2.75, 3.05) is 0 Å². The van der Waals surface area contributed by atoms with Gasteiger partial charge in [-0.1, -0.05) is 15.9 Å². The molecule has 0 aliphatic carbocycles. The fourth-order valence-corrected chi connectivity index (χ4v) is 2.43. The highest BCUT2D eigenvalue weighted by Gasteiger charge is 2.10. The summed E-state index contributed by atoms with van der Waals surface area (Å²) in [4.78, 5) is 0. The molecule has 0 N–H and O–H groups in total. The van der Waals surface area contributed by atoms with Crippen molar-refractivity contribution in [3.63, 3.8) is 0 Å². The summed E-state index contributed by atoms with van der Waals surface area (Å²) in [7, 11) is 0. The molecule has 2 aromatic rings. The van der Waals surface area contributed by atoms with E-state index in [9.17, 15) is 0 Å². The zero-order valence-electron chi connectivity index (χ0n) is 11.1. The molecule has 0 fully saturated rings. The van der Waals surface area contributed by atoms with Gasteiger partial charge in [0.1, 0.15) is 29.2 Å². The van der Waals surface area contributed by atoms with Crippen LogP contribution in [0.5, 0.6) is 0 Å². The second-order valence-corrected chi connectivity index (χ2v) is 5.25. The standard InChI is InChI=1S/C16H11BrN2O/c1-10-5-14(15(17)6-11(10)2)16-4-3-13(20-16)7-12(8-18)9-19/h3-7H,1-2H3. The topological polar surface area (TPSA) is 60.7 Å². The first-order chi connectivity index (χ1) is 9.55. The maximum absolute atomic E-state index is 8.73. The summed E-state index contributed by atoms with van der Waals surface area (Å²) >= 11 is 3.53. The first-order valence-electron chi connectivity index (χ1n) is 5.94. The van der Waals surface area contributed by atoms with Gasteiger partial charge < -0.3 is 4.42 Å². The van der Waals surface area contributed by atoms with Crippen LogP contribution in [-0.4, -0.2) is 0 Å². The SMILES string of the molecule is Cc1cc(Br)c(-c2ccc(C=C(C#N)C#N)o2)cc1C. The monoisotopic (exact) mass is 326 g/mol. The third kappa shape index (κ3) is 2.82. The number of benzene rings is 1. The average Bonchev–Trinajstić information content (AvgIpc) is 2.88. The van der Waals surface area contributed by atoms with E-state index in [1.165, 1.54) is 17.2 Å². The van der Waals surface area contributed by atoms with Crippen LogP contribution in [0, 0.1) is 36.5 Å². The molecule has 1 aromatic carbocycles. The van der Waals surface area contributed by atoms with E-state index in [-0.39, 0.29) is 5.57 Å². The van der Waals surface area contributed by atoms with Gasteiger partial charge >= 0.3 is 0 Å².